The van der Waals surface area contributed by atoms with E-state index in [1.54, 1.807) is 20.8 Å². The second-order valence-electron chi connectivity index (χ2n) is 5.12. The SMILES string of the molecule is CC(C)(C)OC(=O)N(N)c1ccc([N+](=O)[O-])cc1CN. The molecule has 0 aliphatic rings. The number of ether oxygens (including phenoxy) is 1. The van der Waals surface area contributed by atoms with Crippen LogP contribution >= 0.6 is 0 Å². The third-order valence-electron chi connectivity index (χ3n) is 2.34. The second kappa shape index (κ2) is 5.85. The van der Waals surface area contributed by atoms with Crippen molar-refractivity contribution in [1.82, 2.24) is 0 Å². The van der Waals surface area contributed by atoms with Gasteiger partial charge in [0.25, 0.3) is 5.69 Å². The first kappa shape index (κ1) is 15.9. The summed E-state index contributed by atoms with van der Waals surface area (Å²) in [6.45, 7) is 5.13. The van der Waals surface area contributed by atoms with E-state index >= 15 is 0 Å². The number of non-ortho nitro benzene ring substituents is 1. The number of amides is 1. The molecular weight excluding hydrogens is 264 g/mol. The molecule has 0 aliphatic carbocycles. The van der Waals surface area contributed by atoms with Crippen LogP contribution < -0.4 is 16.6 Å². The average Bonchev–Trinajstić information content (AvgIpc) is 2.34. The van der Waals surface area contributed by atoms with Gasteiger partial charge in [-0.25, -0.2) is 15.6 Å². The number of nitrogens with two attached hydrogens (primary N) is 2. The van der Waals surface area contributed by atoms with Crippen LogP contribution in [0.15, 0.2) is 18.2 Å². The summed E-state index contributed by atoms with van der Waals surface area (Å²) >= 11 is 0. The number of carbonyl (C=O) groups excluding carboxylic acids is 1. The van der Waals surface area contributed by atoms with Crippen LogP contribution in [0, 0.1) is 10.1 Å². The van der Waals surface area contributed by atoms with Gasteiger partial charge in [0.2, 0.25) is 0 Å². The summed E-state index contributed by atoms with van der Waals surface area (Å²) < 4.78 is 5.12. The number of carbonyl (C=O) groups is 1. The van der Waals surface area contributed by atoms with E-state index in [2.05, 4.69) is 0 Å². The molecule has 0 atom stereocenters. The molecule has 1 aromatic carbocycles. The maximum Gasteiger partial charge on any atom is 0.429 e. The fourth-order valence-corrected chi connectivity index (χ4v) is 1.49. The number of nitrogens with zero attached hydrogens (tertiary/aromatic N) is 2. The Labute approximate surface area is 116 Å². The van der Waals surface area contributed by atoms with Crippen molar-refractivity contribution < 1.29 is 14.5 Å². The lowest BCUT2D eigenvalue weighted by Gasteiger charge is -2.25. The minimum atomic E-state index is -0.763. The molecule has 20 heavy (non-hydrogen) atoms. The Morgan fingerprint density at radius 1 is 1.45 bits per heavy atom. The van der Waals surface area contributed by atoms with Crippen LogP contribution in [0.25, 0.3) is 0 Å². The number of hydrazine groups is 1. The topological polar surface area (TPSA) is 125 Å². The van der Waals surface area contributed by atoms with Gasteiger partial charge in [0.15, 0.2) is 0 Å². The van der Waals surface area contributed by atoms with Gasteiger partial charge in [0, 0.05) is 18.7 Å². The van der Waals surface area contributed by atoms with Crippen LogP contribution in [0.3, 0.4) is 0 Å². The first-order valence-corrected chi connectivity index (χ1v) is 5.91. The minimum Gasteiger partial charge on any atom is -0.442 e. The molecule has 0 unspecified atom stereocenters. The zero-order chi connectivity index (χ0) is 15.5. The van der Waals surface area contributed by atoms with Gasteiger partial charge < -0.3 is 10.5 Å². The molecule has 0 bridgehead atoms. The highest BCUT2D eigenvalue weighted by molar-refractivity contribution is 5.87. The van der Waals surface area contributed by atoms with Crippen molar-refractivity contribution in [2.24, 2.45) is 11.6 Å². The van der Waals surface area contributed by atoms with E-state index in [9.17, 15) is 14.9 Å². The molecule has 1 amide bonds. The highest BCUT2D eigenvalue weighted by atomic mass is 16.6. The summed E-state index contributed by atoms with van der Waals surface area (Å²) in [4.78, 5) is 22.0. The second-order valence-corrected chi connectivity index (χ2v) is 5.12. The van der Waals surface area contributed by atoms with Gasteiger partial charge in [-0.2, -0.15) is 0 Å². The van der Waals surface area contributed by atoms with Crippen molar-refractivity contribution in [3.63, 3.8) is 0 Å². The molecule has 110 valence electrons. The largest absolute Gasteiger partial charge is 0.442 e. The average molecular weight is 282 g/mol. The number of benzene rings is 1. The van der Waals surface area contributed by atoms with Crippen molar-refractivity contribution in [2.45, 2.75) is 32.9 Å². The Balaban J connectivity index is 3.06. The van der Waals surface area contributed by atoms with Gasteiger partial charge in [-0.1, -0.05) is 0 Å². The van der Waals surface area contributed by atoms with Crippen LogP contribution in [-0.4, -0.2) is 16.6 Å². The fourth-order valence-electron chi connectivity index (χ4n) is 1.49. The van der Waals surface area contributed by atoms with Crippen molar-refractivity contribution in [1.29, 1.82) is 0 Å². The maximum absolute atomic E-state index is 11.9. The molecule has 0 heterocycles. The third-order valence-corrected chi connectivity index (χ3v) is 2.34. The van der Waals surface area contributed by atoms with E-state index in [-0.39, 0.29) is 17.9 Å². The zero-order valence-corrected chi connectivity index (χ0v) is 11.6. The first-order valence-electron chi connectivity index (χ1n) is 5.91. The molecule has 0 fully saturated rings. The van der Waals surface area contributed by atoms with Gasteiger partial charge >= 0.3 is 6.09 Å². The Hall–Kier alpha value is -2.19. The molecule has 8 heteroatoms. The molecule has 0 saturated carbocycles. The van der Waals surface area contributed by atoms with Crippen LogP contribution in [0.4, 0.5) is 16.2 Å². The summed E-state index contributed by atoms with van der Waals surface area (Å²) in [7, 11) is 0. The van der Waals surface area contributed by atoms with Crippen molar-refractivity contribution in [3.8, 4) is 0 Å². The predicted molar refractivity (Wildman–Crippen MR) is 73.9 cm³/mol. The van der Waals surface area contributed by atoms with Crippen molar-refractivity contribution >= 4 is 17.5 Å². The standard InChI is InChI=1S/C12H18N4O4/c1-12(2,3)20-11(17)15(14)10-5-4-9(16(18)19)6-8(10)7-13/h4-6H,7,13-14H2,1-3H3. The molecule has 1 rings (SSSR count). The number of hydrogen-bond acceptors (Lipinski definition) is 6. The van der Waals surface area contributed by atoms with Crippen LogP contribution in [0.1, 0.15) is 26.3 Å². The van der Waals surface area contributed by atoms with Gasteiger partial charge in [-0.05, 0) is 32.4 Å². The van der Waals surface area contributed by atoms with Crippen molar-refractivity contribution in [3.05, 3.63) is 33.9 Å². The van der Waals surface area contributed by atoms with Gasteiger partial charge in [-0.3, -0.25) is 10.1 Å². The monoisotopic (exact) mass is 282 g/mol. The lowest BCUT2D eigenvalue weighted by atomic mass is 10.1. The van der Waals surface area contributed by atoms with E-state index in [1.807, 2.05) is 0 Å². The van der Waals surface area contributed by atoms with E-state index < -0.39 is 16.6 Å². The smallest absolute Gasteiger partial charge is 0.429 e. The third kappa shape index (κ3) is 3.90. The normalized spacial score (nSPS) is 11.1. The Kier molecular flexibility index (Phi) is 4.64. The van der Waals surface area contributed by atoms with Crippen LogP contribution in [0.5, 0.6) is 0 Å². The molecule has 0 aromatic heterocycles. The van der Waals surface area contributed by atoms with Crippen LogP contribution in [-0.2, 0) is 11.3 Å². The highest BCUT2D eigenvalue weighted by Gasteiger charge is 2.23. The number of hydrogen-bond donors (Lipinski definition) is 2. The van der Waals surface area contributed by atoms with Crippen molar-refractivity contribution in [2.75, 3.05) is 5.01 Å². The first-order chi connectivity index (χ1) is 9.15. The number of nitro benzene ring substituents is 1. The number of anilines is 1. The molecule has 1 aromatic rings. The molecule has 0 spiro atoms. The predicted octanol–water partition coefficient (Wildman–Crippen LogP) is 1.67. The zero-order valence-electron chi connectivity index (χ0n) is 11.6. The maximum atomic E-state index is 11.9. The highest BCUT2D eigenvalue weighted by Crippen LogP contribution is 2.24. The summed E-state index contributed by atoms with van der Waals surface area (Å²) in [5.74, 6) is 5.68. The number of nitro groups is 1. The van der Waals surface area contributed by atoms with Gasteiger partial charge in [0.05, 0.1) is 10.6 Å². The lowest BCUT2D eigenvalue weighted by Crippen LogP contribution is -2.42. The molecule has 0 saturated heterocycles. The Morgan fingerprint density at radius 3 is 2.50 bits per heavy atom. The summed E-state index contributed by atoms with van der Waals surface area (Å²) in [5, 5.41) is 11.5. The van der Waals surface area contributed by atoms with Crippen LogP contribution in [0.2, 0.25) is 0 Å². The van der Waals surface area contributed by atoms with Gasteiger partial charge in [-0.15, -0.1) is 0 Å². The summed E-state index contributed by atoms with van der Waals surface area (Å²) in [6, 6.07) is 3.89. The molecular formula is C12H18N4O4. The van der Waals surface area contributed by atoms with Gasteiger partial charge in [0.1, 0.15) is 5.60 Å². The van der Waals surface area contributed by atoms with E-state index in [4.69, 9.17) is 16.3 Å². The van der Waals surface area contributed by atoms with E-state index in [0.29, 0.717) is 5.56 Å². The quantitative estimate of drug-likeness (QED) is 0.376. The minimum absolute atomic E-state index is 0.00745. The fraction of sp³-hybridized carbons (Fsp3) is 0.417. The summed E-state index contributed by atoms with van der Waals surface area (Å²) in [5.41, 5.74) is 5.37. The number of rotatable bonds is 3. The Morgan fingerprint density at radius 2 is 2.05 bits per heavy atom. The van der Waals surface area contributed by atoms with E-state index in [0.717, 1.165) is 5.01 Å². The van der Waals surface area contributed by atoms with E-state index in [1.165, 1.54) is 18.2 Å². The molecule has 8 nitrogen and oxygen atoms in total. The lowest BCUT2D eigenvalue weighted by molar-refractivity contribution is -0.384. The molecule has 4 N–H and O–H groups in total. The summed E-state index contributed by atoms with van der Waals surface area (Å²) in [6.07, 6.45) is -0.763. The molecule has 0 radical (unpaired) electrons. The molecule has 0 aliphatic heterocycles. The Bertz CT molecular complexity index is 525.